The maximum Gasteiger partial charge on any atom is 0.416 e. The van der Waals surface area contributed by atoms with Crippen molar-refractivity contribution in [2.24, 2.45) is 0 Å². The molecule has 0 saturated carbocycles. The Morgan fingerprint density at radius 1 is 1.12 bits per heavy atom. The Hall–Kier alpha value is -2.84. The second-order valence-electron chi connectivity index (χ2n) is 5.68. The molecule has 2 amide bonds. The monoisotopic (exact) mass is 352 g/mol. The first-order valence-electron chi connectivity index (χ1n) is 7.68. The largest absolute Gasteiger partial charge is 0.416 e. The van der Waals surface area contributed by atoms with E-state index in [2.05, 4.69) is 15.5 Å². The van der Waals surface area contributed by atoms with Gasteiger partial charge in [-0.25, -0.2) is 0 Å². The van der Waals surface area contributed by atoms with E-state index in [9.17, 15) is 22.8 Å². The van der Waals surface area contributed by atoms with E-state index < -0.39 is 17.6 Å². The first-order valence-corrected chi connectivity index (χ1v) is 7.68. The van der Waals surface area contributed by atoms with Crippen molar-refractivity contribution >= 4 is 17.5 Å². The van der Waals surface area contributed by atoms with Crippen LogP contribution >= 0.6 is 0 Å². The van der Waals surface area contributed by atoms with Gasteiger partial charge in [0.05, 0.1) is 11.3 Å². The Kier molecular flexibility index (Phi) is 4.47. The predicted molar refractivity (Wildman–Crippen MR) is 83.1 cm³/mol. The summed E-state index contributed by atoms with van der Waals surface area (Å²) in [4.78, 5) is 26.2. The molecule has 1 fully saturated rings. The molecule has 0 radical (unpaired) electrons. The van der Waals surface area contributed by atoms with Gasteiger partial charge in [-0.05, 0) is 37.1 Å². The van der Waals surface area contributed by atoms with Crippen molar-refractivity contribution in [3.63, 3.8) is 0 Å². The van der Waals surface area contributed by atoms with Crippen LogP contribution in [-0.4, -0.2) is 40.0 Å². The van der Waals surface area contributed by atoms with Crippen LogP contribution in [0.4, 0.5) is 18.9 Å². The zero-order chi connectivity index (χ0) is 18.0. The number of H-pyrrole nitrogens is 1. The van der Waals surface area contributed by atoms with Crippen molar-refractivity contribution in [2.45, 2.75) is 19.0 Å². The minimum absolute atomic E-state index is 0.0498. The number of halogens is 3. The van der Waals surface area contributed by atoms with E-state index in [1.165, 1.54) is 6.20 Å². The molecular weight excluding hydrogens is 337 g/mol. The first kappa shape index (κ1) is 17.0. The van der Waals surface area contributed by atoms with Crippen molar-refractivity contribution < 1.29 is 22.8 Å². The van der Waals surface area contributed by atoms with Gasteiger partial charge in [0, 0.05) is 24.8 Å². The minimum atomic E-state index is -4.46. The van der Waals surface area contributed by atoms with Crippen LogP contribution in [0.15, 0.2) is 30.5 Å². The van der Waals surface area contributed by atoms with Crippen LogP contribution in [0.3, 0.4) is 0 Å². The van der Waals surface area contributed by atoms with Crippen LogP contribution in [-0.2, 0) is 6.18 Å². The fraction of sp³-hybridized carbons (Fsp3) is 0.312. The lowest BCUT2D eigenvalue weighted by Gasteiger charge is -2.14. The van der Waals surface area contributed by atoms with Crippen molar-refractivity contribution in [2.75, 3.05) is 18.4 Å². The molecular formula is C16H15F3N4O2. The second-order valence-corrected chi connectivity index (χ2v) is 5.68. The number of benzene rings is 1. The lowest BCUT2D eigenvalue weighted by molar-refractivity contribution is -0.137. The standard InChI is InChI=1S/C16H15F3N4O2/c17-16(18,19)11-5-3-10(4-6-11)14(24)21-12-9-20-22-13(12)15(25)23-7-1-2-8-23/h3-6,9H,1-2,7-8H2,(H,20,22)(H,21,24). The summed E-state index contributed by atoms with van der Waals surface area (Å²) in [6.45, 7) is 1.27. The molecule has 2 heterocycles. The summed E-state index contributed by atoms with van der Waals surface area (Å²) in [6, 6.07) is 3.83. The van der Waals surface area contributed by atoms with Crippen LogP contribution in [0.5, 0.6) is 0 Å². The van der Waals surface area contributed by atoms with E-state index in [0.29, 0.717) is 13.1 Å². The Morgan fingerprint density at radius 3 is 2.36 bits per heavy atom. The molecule has 1 saturated heterocycles. The third-order valence-corrected chi connectivity index (χ3v) is 3.96. The van der Waals surface area contributed by atoms with Crippen molar-refractivity contribution in [3.05, 3.63) is 47.3 Å². The molecule has 2 N–H and O–H groups in total. The van der Waals surface area contributed by atoms with Crippen molar-refractivity contribution in [3.8, 4) is 0 Å². The molecule has 3 rings (SSSR count). The van der Waals surface area contributed by atoms with Gasteiger partial charge in [-0.15, -0.1) is 0 Å². The van der Waals surface area contributed by atoms with E-state index >= 15 is 0 Å². The van der Waals surface area contributed by atoms with Gasteiger partial charge >= 0.3 is 6.18 Å². The zero-order valence-electron chi connectivity index (χ0n) is 13.1. The van der Waals surface area contributed by atoms with Gasteiger partial charge in [-0.1, -0.05) is 0 Å². The van der Waals surface area contributed by atoms with Crippen LogP contribution in [0.1, 0.15) is 39.3 Å². The Bertz CT molecular complexity index is 777. The molecule has 25 heavy (non-hydrogen) atoms. The Labute approximate surface area is 141 Å². The van der Waals surface area contributed by atoms with Crippen molar-refractivity contribution in [1.29, 1.82) is 0 Å². The molecule has 0 spiro atoms. The third kappa shape index (κ3) is 3.65. The maximum atomic E-state index is 12.6. The molecule has 1 aromatic carbocycles. The Morgan fingerprint density at radius 2 is 1.76 bits per heavy atom. The number of hydrogen-bond donors (Lipinski definition) is 2. The zero-order valence-corrected chi connectivity index (χ0v) is 13.1. The fourth-order valence-electron chi connectivity index (χ4n) is 2.62. The minimum Gasteiger partial charge on any atom is -0.337 e. The van der Waals surface area contributed by atoms with E-state index in [1.807, 2.05) is 0 Å². The van der Waals surface area contributed by atoms with Crippen LogP contribution in [0.2, 0.25) is 0 Å². The lowest BCUT2D eigenvalue weighted by atomic mass is 10.1. The second kappa shape index (κ2) is 6.58. The number of nitrogens with one attached hydrogen (secondary N) is 2. The molecule has 6 nitrogen and oxygen atoms in total. The SMILES string of the molecule is O=C(Nc1c[nH]nc1C(=O)N1CCCC1)c1ccc(C(F)(F)F)cc1. The molecule has 0 unspecified atom stereocenters. The predicted octanol–water partition coefficient (Wildman–Crippen LogP) is 2.92. The number of carbonyl (C=O) groups excluding carboxylic acids is 2. The topological polar surface area (TPSA) is 78.1 Å². The van der Waals surface area contributed by atoms with Gasteiger partial charge in [0.1, 0.15) is 0 Å². The van der Waals surface area contributed by atoms with E-state index in [1.54, 1.807) is 4.90 Å². The molecule has 0 atom stereocenters. The molecule has 2 aromatic rings. The highest BCUT2D eigenvalue weighted by atomic mass is 19.4. The molecule has 9 heteroatoms. The number of alkyl halides is 3. The van der Waals surface area contributed by atoms with E-state index in [4.69, 9.17) is 0 Å². The number of hydrogen-bond acceptors (Lipinski definition) is 3. The average Bonchev–Trinajstić information content (AvgIpc) is 3.25. The summed E-state index contributed by atoms with van der Waals surface area (Å²) in [5, 5.41) is 8.91. The summed E-state index contributed by atoms with van der Waals surface area (Å²) in [7, 11) is 0. The number of aromatic nitrogens is 2. The normalized spacial score (nSPS) is 14.6. The first-order chi connectivity index (χ1) is 11.9. The highest BCUT2D eigenvalue weighted by Crippen LogP contribution is 2.29. The molecule has 1 aliphatic rings. The van der Waals surface area contributed by atoms with Gasteiger partial charge in [0.2, 0.25) is 0 Å². The average molecular weight is 352 g/mol. The lowest BCUT2D eigenvalue weighted by Crippen LogP contribution is -2.29. The van der Waals surface area contributed by atoms with Gasteiger partial charge < -0.3 is 10.2 Å². The number of carbonyl (C=O) groups is 2. The molecule has 1 aliphatic heterocycles. The third-order valence-electron chi connectivity index (χ3n) is 3.96. The molecule has 0 aliphatic carbocycles. The molecule has 132 valence electrons. The number of likely N-dealkylation sites (tertiary alicyclic amines) is 1. The summed E-state index contributed by atoms with van der Waals surface area (Å²) < 4.78 is 37.7. The van der Waals surface area contributed by atoms with Gasteiger partial charge in [-0.2, -0.15) is 18.3 Å². The summed E-state index contributed by atoms with van der Waals surface area (Å²) in [5.41, 5.74) is -0.505. The molecule has 1 aromatic heterocycles. The number of rotatable bonds is 3. The van der Waals surface area contributed by atoms with Gasteiger partial charge in [0.15, 0.2) is 5.69 Å². The number of nitrogens with zero attached hydrogens (tertiary/aromatic N) is 2. The van der Waals surface area contributed by atoms with E-state index in [-0.39, 0.29) is 22.9 Å². The van der Waals surface area contributed by atoms with Gasteiger partial charge in [0.25, 0.3) is 11.8 Å². The van der Waals surface area contributed by atoms with Crippen LogP contribution in [0, 0.1) is 0 Å². The highest BCUT2D eigenvalue weighted by Gasteiger charge is 2.30. The summed E-state index contributed by atoms with van der Waals surface area (Å²) in [5.74, 6) is -0.910. The smallest absolute Gasteiger partial charge is 0.337 e. The van der Waals surface area contributed by atoms with Crippen LogP contribution < -0.4 is 5.32 Å². The van der Waals surface area contributed by atoms with Crippen LogP contribution in [0.25, 0.3) is 0 Å². The van der Waals surface area contributed by atoms with Crippen molar-refractivity contribution in [1.82, 2.24) is 15.1 Å². The maximum absolute atomic E-state index is 12.6. The quantitative estimate of drug-likeness (QED) is 0.892. The van der Waals surface area contributed by atoms with Gasteiger partial charge in [-0.3, -0.25) is 14.7 Å². The Balaban J connectivity index is 1.73. The highest BCUT2D eigenvalue weighted by molar-refractivity contribution is 6.08. The number of aromatic amines is 1. The summed E-state index contributed by atoms with van der Waals surface area (Å²) >= 11 is 0. The van der Waals surface area contributed by atoms with E-state index in [0.717, 1.165) is 37.1 Å². The summed E-state index contributed by atoms with van der Waals surface area (Å²) in [6.07, 6.45) is -1.26. The number of amides is 2. The fourth-order valence-corrected chi connectivity index (χ4v) is 2.62. The number of anilines is 1. The molecule has 0 bridgehead atoms.